The van der Waals surface area contributed by atoms with E-state index in [4.69, 9.17) is 4.74 Å². The van der Waals surface area contributed by atoms with Crippen LogP contribution >= 0.6 is 0 Å². The van der Waals surface area contributed by atoms with Gasteiger partial charge in [-0.15, -0.1) is 0 Å². The first-order chi connectivity index (χ1) is 13.6. The smallest absolute Gasteiger partial charge is 0.343 e. The SMILES string of the molecule is C[C@]12CCC3c4ccc(OC(=O)c5ccccc5)cc4CCC3C1CCC2O. The predicted octanol–water partition coefficient (Wildman–Crippen LogP) is 5.12. The second kappa shape index (κ2) is 6.73. The summed E-state index contributed by atoms with van der Waals surface area (Å²) >= 11 is 0. The van der Waals surface area contributed by atoms with E-state index in [1.54, 1.807) is 12.1 Å². The van der Waals surface area contributed by atoms with Crippen LogP contribution in [-0.4, -0.2) is 17.2 Å². The largest absolute Gasteiger partial charge is 0.423 e. The summed E-state index contributed by atoms with van der Waals surface area (Å²) in [6.07, 6.45) is 6.50. The van der Waals surface area contributed by atoms with Crippen LogP contribution in [0.1, 0.15) is 66.4 Å². The molecule has 0 spiro atoms. The van der Waals surface area contributed by atoms with E-state index in [0.29, 0.717) is 29.1 Å². The molecule has 28 heavy (non-hydrogen) atoms. The van der Waals surface area contributed by atoms with Gasteiger partial charge < -0.3 is 9.84 Å². The van der Waals surface area contributed by atoms with E-state index in [2.05, 4.69) is 19.1 Å². The van der Waals surface area contributed by atoms with Gasteiger partial charge in [0, 0.05) is 0 Å². The van der Waals surface area contributed by atoms with Gasteiger partial charge in [0.1, 0.15) is 5.75 Å². The number of fused-ring (bicyclic) bond motifs is 5. The highest BCUT2D eigenvalue weighted by atomic mass is 16.5. The first-order valence-corrected chi connectivity index (χ1v) is 10.6. The number of aliphatic hydroxyl groups is 1. The van der Waals surface area contributed by atoms with Crippen molar-refractivity contribution in [3.63, 3.8) is 0 Å². The molecular weight excluding hydrogens is 348 g/mol. The molecule has 3 aliphatic carbocycles. The van der Waals surface area contributed by atoms with Crippen molar-refractivity contribution in [1.29, 1.82) is 0 Å². The van der Waals surface area contributed by atoms with Crippen molar-refractivity contribution in [2.75, 3.05) is 0 Å². The van der Waals surface area contributed by atoms with Crippen LogP contribution in [0.3, 0.4) is 0 Å². The number of hydrogen-bond donors (Lipinski definition) is 1. The fourth-order valence-electron chi connectivity index (χ4n) is 6.33. The Bertz CT molecular complexity index is 890. The summed E-state index contributed by atoms with van der Waals surface area (Å²) in [6.45, 7) is 2.31. The molecular formula is C25H28O3. The van der Waals surface area contributed by atoms with Gasteiger partial charge in [-0.05, 0) is 97.1 Å². The fraction of sp³-hybridized carbons (Fsp3) is 0.480. The van der Waals surface area contributed by atoms with Gasteiger partial charge in [0.2, 0.25) is 0 Å². The van der Waals surface area contributed by atoms with Crippen LogP contribution in [-0.2, 0) is 6.42 Å². The molecule has 0 saturated heterocycles. The summed E-state index contributed by atoms with van der Waals surface area (Å²) in [4.78, 5) is 12.4. The lowest BCUT2D eigenvalue weighted by molar-refractivity contribution is -0.0226. The molecule has 0 bridgehead atoms. The molecule has 146 valence electrons. The summed E-state index contributed by atoms with van der Waals surface area (Å²) in [5.74, 6) is 2.25. The topological polar surface area (TPSA) is 46.5 Å². The number of carbonyl (C=O) groups is 1. The van der Waals surface area contributed by atoms with Gasteiger partial charge in [0.15, 0.2) is 0 Å². The minimum Gasteiger partial charge on any atom is -0.423 e. The molecule has 1 N–H and O–H groups in total. The number of esters is 1. The maximum absolute atomic E-state index is 12.4. The highest BCUT2D eigenvalue weighted by Gasteiger charge is 2.54. The van der Waals surface area contributed by atoms with E-state index >= 15 is 0 Å². The summed E-state index contributed by atoms with van der Waals surface area (Å²) in [7, 11) is 0. The van der Waals surface area contributed by atoms with Gasteiger partial charge in [0.25, 0.3) is 0 Å². The highest BCUT2D eigenvalue weighted by molar-refractivity contribution is 5.91. The number of aliphatic hydroxyl groups excluding tert-OH is 1. The predicted molar refractivity (Wildman–Crippen MR) is 108 cm³/mol. The van der Waals surface area contributed by atoms with Gasteiger partial charge in [-0.1, -0.05) is 31.2 Å². The molecule has 3 heteroatoms. The van der Waals surface area contributed by atoms with Crippen molar-refractivity contribution in [2.24, 2.45) is 17.3 Å². The van der Waals surface area contributed by atoms with Crippen molar-refractivity contribution < 1.29 is 14.6 Å². The van der Waals surface area contributed by atoms with E-state index in [1.807, 2.05) is 24.3 Å². The molecule has 5 rings (SSSR count). The van der Waals surface area contributed by atoms with Crippen LogP contribution < -0.4 is 4.74 Å². The van der Waals surface area contributed by atoms with Crippen molar-refractivity contribution >= 4 is 5.97 Å². The molecule has 3 nitrogen and oxygen atoms in total. The average molecular weight is 376 g/mol. The van der Waals surface area contributed by atoms with Crippen molar-refractivity contribution in [1.82, 2.24) is 0 Å². The zero-order valence-corrected chi connectivity index (χ0v) is 16.4. The number of ether oxygens (including phenoxy) is 1. The molecule has 0 heterocycles. The summed E-state index contributed by atoms with van der Waals surface area (Å²) in [6, 6.07) is 15.4. The van der Waals surface area contributed by atoms with Crippen LogP contribution in [0, 0.1) is 17.3 Å². The molecule has 0 amide bonds. The standard InChI is InChI=1S/C25H28O3/c1-25-14-13-20-19-10-8-18(28-24(27)16-5-3-2-4-6-16)15-17(19)7-9-21(20)22(25)11-12-23(25)26/h2-6,8,10,15,20-23,26H,7,9,11-14H2,1H3/t20?,21?,22?,23?,25-/m0/s1. The lowest BCUT2D eigenvalue weighted by Crippen LogP contribution is -2.43. The molecule has 2 fully saturated rings. The Morgan fingerprint density at radius 1 is 1.07 bits per heavy atom. The number of rotatable bonds is 2. The van der Waals surface area contributed by atoms with Crippen LogP contribution in [0.2, 0.25) is 0 Å². The molecule has 2 saturated carbocycles. The highest BCUT2D eigenvalue weighted by Crippen LogP contribution is 2.60. The second-order valence-corrected chi connectivity index (χ2v) is 9.17. The van der Waals surface area contributed by atoms with Gasteiger partial charge in [0.05, 0.1) is 11.7 Å². The zero-order valence-electron chi connectivity index (χ0n) is 16.4. The third-order valence-electron chi connectivity index (χ3n) is 7.87. The third-order valence-corrected chi connectivity index (χ3v) is 7.87. The van der Waals surface area contributed by atoms with Crippen LogP contribution in [0.4, 0.5) is 0 Å². The second-order valence-electron chi connectivity index (χ2n) is 9.17. The summed E-state index contributed by atoms with van der Waals surface area (Å²) < 4.78 is 5.63. The Morgan fingerprint density at radius 3 is 2.71 bits per heavy atom. The number of benzene rings is 2. The van der Waals surface area contributed by atoms with Crippen molar-refractivity contribution in [3.05, 3.63) is 65.2 Å². The minimum absolute atomic E-state index is 0.115. The van der Waals surface area contributed by atoms with E-state index < -0.39 is 0 Å². The lowest BCUT2D eigenvalue weighted by Gasteiger charge is -2.50. The van der Waals surface area contributed by atoms with Gasteiger partial charge in [-0.25, -0.2) is 4.79 Å². The Balaban J connectivity index is 1.37. The number of aryl methyl sites for hydroxylation is 1. The van der Waals surface area contributed by atoms with E-state index in [0.717, 1.165) is 25.7 Å². The molecule has 0 aliphatic heterocycles. The Hall–Kier alpha value is -2.13. The first-order valence-electron chi connectivity index (χ1n) is 10.6. The maximum Gasteiger partial charge on any atom is 0.343 e. The number of carbonyl (C=O) groups excluding carboxylic acids is 1. The zero-order chi connectivity index (χ0) is 19.3. The van der Waals surface area contributed by atoms with Gasteiger partial charge in [-0.2, -0.15) is 0 Å². The van der Waals surface area contributed by atoms with Crippen LogP contribution in [0.5, 0.6) is 5.75 Å². The Kier molecular flexibility index (Phi) is 4.31. The van der Waals surface area contributed by atoms with E-state index in [-0.39, 0.29) is 17.5 Å². The summed E-state index contributed by atoms with van der Waals surface area (Å²) in [5.41, 5.74) is 3.47. The Morgan fingerprint density at radius 2 is 1.89 bits per heavy atom. The number of hydrogen-bond acceptors (Lipinski definition) is 3. The molecule has 3 aliphatic rings. The van der Waals surface area contributed by atoms with E-state index in [1.165, 1.54) is 24.0 Å². The van der Waals surface area contributed by atoms with Gasteiger partial charge >= 0.3 is 5.97 Å². The molecule has 5 atom stereocenters. The average Bonchev–Trinajstić information content (AvgIpc) is 3.03. The first kappa shape index (κ1) is 17.9. The van der Waals surface area contributed by atoms with Crippen LogP contribution in [0.25, 0.3) is 0 Å². The molecule has 4 unspecified atom stereocenters. The normalized spacial score (nSPS) is 33.5. The summed E-state index contributed by atoms with van der Waals surface area (Å²) in [5, 5.41) is 10.5. The lowest BCUT2D eigenvalue weighted by atomic mass is 9.55. The quantitative estimate of drug-likeness (QED) is 0.584. The van der Waals surface area contributed by atoms with E-state index in [9.17, 15) is 9.90 Å². The van der Waals surface area contributed by atoms with Crippen molar-refractivity contribution in [3.8, 4) is 5.75 Å². The molecule has 0 aromatic heterocycles. The monoisotopic (exact) mass is 376 g/mol. The molecule has 2 aromatic carbocycles. The minimum atomic E-state index is -0.303. The van der Waals surface area contributed by atoms with Crippen molar-refractivity contribution in [2.45, 2.75) is 57.5 Å². The van der Waals surface area contributed by atoms with Crippen LogP contribution in [0.15, 0.2) is 48.5 Å². The van der Waals surface area contributed by atoms with Gasteiger partial charge in [-0.3, -0.25) is 0 Å². The maximum atomic E-state index is 12.4. The fourth-order valence-corrected chi connectivity index (χ4v) is 6.33. The molecule has 2 aromatic rings. The third kappa shape index (κ3) is 2.79. The Labute approximate surface area is 166 Å². The molecule has 0 radical (unpaired) electrons.